The number of nitrogens with zero attached hydrogens (tertiary/aromatic N) is 3. The Morgan fingerprint density at radius 2 is 2.11 bits per heavy atom. The number of aromatic amines is 1. The first-order valence-electron chi connectivity index (χ1n) is 8.40. The molecule has 3 aromatic heterocycles. The van der Waals surface area contributed by atoms with Crippen LogP contribution in [0.3, 0.4) is 0 Å². The fourth-order valence-electron chi connectivity index (χ4n) is 2.94. The van der Waals surface area contributed by atoms with E-state index in [9.17, 15) is 14.4 Å². The number of rotatable bonds is 4. The third kappa shape index (κ3) is 3.00. The van der Waals surface area contributed by atoms with Crippen molar-refractivity contribution >= 4 is 39.6 Å². The molecule has 10 heteroatoms. The first-order valence-corrected chi connectivity index (χ1v) is 8.40. The molecule has 4 aromatic rings. The van der Waals surface area contributed by atoms with Crippen molar-refractivity contribution in [3.8, 4) is 0 Å². The second kappa shape index (κ2) is 6.65. The summed E-state index contributed by atoms with van der Waals surface area (Å²) < 4.78 is 6.50. The molecule has 0 atom stereocenters. The highest BCUT2D eigenvalue weighted by Gasteiger charge is 2.17. The number of oxazole rings is 1. The van der Waals surface area contributed by atoms with Gasteiger partial charge in [-0.1, -0.05) is 6.07 Å². The van der Waals surface area contributed by atoms with E-state index in [4.69, 9.17) is 4.42 Å². The maximum atomic E-state index is 12.6. The van der Waals surface area contributed by atoms with Crippen LogP contribution in [0.1, 0.15) is 23.0 Å². The summed E-state index contributed by atoms with van der Waals surface area (Å²) in [5, 5.41) is 5.44. The smallest absolute Gasteiger partial charge is 0.408 e. The summed E-state index contributed by atoms with van der Waals surface area (Å²) in [6.45, 7) is 1.62. The van der Waals surface area contributed by atoms with E-state index in [2.05, 4.69) is 25.6 Å². The largest absolute Gasteiger partial charge is 0.419 e. The van der Waals surface area contributed by atoms with Gasteiger partial charge in [0, 0.05) is 26.7 Å². The number of aromatic nitrogens is 4. The molecule has 0 bridgehead atoms. The lowest BCUT2D eigenvalue weighted by molar-refractivity contribution is -0.114. The molecule has 0 saturated heterocycles. The monoisotopic (exact) mass is 380 g/mol. The van der Waals surface area contributed by atoms with E-state index in [-0.39, 0.29) is 18.1 Å². The molecule has 142 valence electrons. The summed E-state index contributed by atoms with van der Waals surface area (Å²) in [4.78, 5) is 46.6. The van der Waals surface area contributed by atoms with Crippen LogP contribution in [0.5, 0.6) is 0 Å². The van der Waals surface area contributed by atoms with Crippen molar-refractivity contribution in [1.82, 2.24) is 24.8 Å². The highest BCUT2D eigenvalue weighted by atomic mass is 16.4. The molecule has 0 saturated carbocycles. The van der Waals surface area contributed by atoms with Crippen LogP contribution in [0.25, 0.3) is 22.1 Å². The van der Waals surface area contributed by atoms with E-state index in [0.29, 0.717) is 27.8 Å². The quantitative estimate of drug-likeness (QED) is 0.488. The van der Waals surface area contributed by atoms with E-state index in [0.717, 1.165) is 5.56 Å². The number of nitrogens with one attached hydrogen (secondary N) is 3. The molecule has 3 heterocycles. The molecule has 0 fully saturated rings. The Morgan fingerprint density at radius 3 is 2.89 bits per heavy atom. The molecule has 28 heavy (non-hydrogen) atoms. The number of hydrogen-bond acceptors (Lipinski definition) is 6. The van der Waals surface area contributed by atoms with Crippen LogP contribution in [-0.2, 0) is 18.4 Å². The summed E-state index contributed by atoms with van der Waals surface area (Å²) in [7, 11) is 1.62. The molecule has 10 nitrogen and oxygen atoms in total. The number of fused-ring (bicyclic) bond motifs is 2. The maximum Gasteiger partial charge on any atom is 0.419 e. The minimum atomic E-state index is -0.443. The number of aryl methyl sites for hydroxylation is 1. The number of H-pyrrole nitrogens is 1. The summed E-state index contributed by atoms with van der Waals surface area (Å²) in [6.07, 6.45) is 2.83. The average molecular weight is 380 g/mol. The van der Waals surface area contributed by atoms with Crippen molar-refractivity contribution in [3.63, 3.8) is 0 Å². The second-order valence-corrected chi connectivity index (χ2v) is 6.24. The molecule has 0 spiro atoms. The summed E-state index contributed by atoms with van der Waals surface area (Å²) >= 11 is 0. The van der Waals surface area contributed by atoms with Gasteiger partial charge in [0.15, 0.2) is 11.3 Å². The van der Waals surface area contributed by atoms with Crippen LogP contribution >= 0.6 is 0 Å². The zero-order valence-electron chi connectivity index (χ0n) is 15.1. The summed E-state index contributed by atoms with van der Waals surface area (Å²) in [6, 6.07) is 5.23. The van der Waals surface area contributed by atoms with Gasteiger partial charge in [-0.3, -0.25) is 14.2 Å². The number of benzene rings is 1. The second-order valence-electron chi connectivity index (χ2n) is 6.24. The van der Waals surface area contributed by atoms with Crippen LogP contribution in [0.4, 0.5) is 5.69 Å². The topological polar surface area (TPSA) is 135 Å². The number of carbonyl (C=O) groups is 2. The van der Waals surface area contributed by atoms with Crippen LogP contribution in [-0.4, -0.2) is 31.3 Å². The van der Waals surface area contributed by atoms with Gasteiger partial charge in [0.25, 0.3) is 5.91 Å². The van der Waals surface area contributed by atoms with E-state index in [1.807, 2.05) is 0 Å². The van der Waals surface area contributed by atoms with Gasteiger partial charge < -0.3 is 20.0 Å². The number of hydrogen-bond donors (Lipinski definition) is 3. The Hall–Kier alpha value is -3.95. The number of carbonyl (C=O) groups excluding carboxylic acids is 2. The lowest BCUT2D eigenvalue weighted by Crippen LogP contribution is -2.24. The van der Waals surface area contributed by atoms with Gasteiger partial charge in [-0.05, 0) is 17.7 Å². The molecular formula is C18H16N6O4. The fraction of sp³-hybridized carbons (Fsp3) is 0.167. The van der Waals surface area contributed by atoms with Crippen LogP contribution in [0.15, 0.2) is 39.9 Å². The Bertz CT molecular complexity index is 1280. The van der Waals surface area contributed by atoms with Crippen LogP contribution < -0.4 is 16.4 Å². The van der Waals surface area contributed by atoms with E-state index < -0.39 is 11.7 Å². The Morgan fingerprint density at radius 1 is 1.29 bits per heavy atom. The predicted octanol–water partition coefficient (Wildman–Crippen LogP) is 1.29. The highest BCUT2D eigenvalue weighted by molar-refractivity contribution is 6.07. The number of amides is 2. The van der Waals surface area contributed by atoms with Gasteiger partial charge in [0.2, 0.25) is 5.91 Å². The minimum Gasteiger partial charge on any atom is -0.408 e. The van der Waals surface area contributed by atoms with Crippen molar-refractivity contribution < 1.29 is 14.0 Å². The van der Waals surface area contributed by atoms with Crippen LogP contribution in [0, 0.1) is 0 Å². The van der Waals surface area contributed by atoms with Crippen molar-refractivity contribution in [2.75, 3.05) is 5.32 Å². The van der Waals surface area contributed by atoms with Crippen molar-refractivity contribution in [3.05, 3.63) is 52.5 Å². The van der Waals surface area contributed by atoms with Gasteiger partial charge in [0.05, 0.1) is 16.7 Å². The van der Waals surface area contributed by atoms with Crippen molar-refractivity contribution in [2.24, 2.45) is 7.05 Å². The SMILES string of the molecule is CC(=O)Nc1c[nH]c2c(C(=O)NCc3ccc4oc(=O)n(C)c4c3)ncnc12. The van der Waals surface area contributed by atoms with Gasteiger partial charge in [-0.25, -0.2) is 14.8 Å². The standard InChI is InChI=1S/C18H16N6O4/c1-9(25)23-11-7-19-15-14(11)21-8-22-16(15)17(26)20-6-10-3-4-13-12(5-10)24(2)18(27)28-13/h3-5,7-8,19H,6H2,1-2H3,(H,20,26)(H,23,25). The summed E-state index contributed by atoms with van der Waals surface area (Å²) in [5.74, 6) is -1.08. The van der Waals surface area contributed by atoms with Crippen molar-refractivity contribution in [1.29, 1.82) is 0 Å². The third-order valence-electron chi connectivity index (χ3n) is 4.30. The van der Waals surface area contributed by atoms with Crippen molar-refractivity contribution in [2.45, 2.75) is 13.5 Å². The van der Waals surface area contributed by atoms with Gasteiger partial charge >= 0.3 is 5.76 Å². The van der Waals surface area contributed by atoms with E-state index >= 15 is 0 Å². The average Bonchev–Trinajstić information content (AvgIpc) is 3.20. The van der Waals surface area contributed by atoms with E-state index in [1.165, 1.54) is 17.8 Å². The Labute approximate surface area is 157 Å². The predicted molar refractivity (Wildman–Crippen MR) is 101 cm³/mol. The minimum absolute atomic E-state index is 0.165. The first kappa shape index (κ1) is 17.5. The molecular weight excluding hydrogens is 364 g/mol. The van der Waals surface area contributed by atoms with Crippen LogP contribution in [0.2, 0.25) is 0 Å². The maximum absolute atomic E-state index is 12.6. The molecule has 0 radical (unpaired) electrons. The molecule has 0 aliphatic carbocycles. The van der Waals surface area contributed by atoms with Gasteiger partial charge in [-0.15, -0.1) is 0 Å². The zero-order valence-corrected chi connectivity index (χ0v) is 15.1. The van der Waals surface area contributed by atoms with Gasteiger partial charge in [-0.2, -0.15) is 0 Å². The first-order chi connectivity index (χ1) is 13.4. The molecule has 1 aromatic carbocycles. The summed E-state index contributed by atoms with van der Waals surface area (Å²) in [5.41, 5.74) is 3.45. The lowest BCUT2D eigenvalue weighted by atomic mass is 10.2. The lowest BCUT2D eigenvalue weighted by Gasteiger charge is -2.06. The molecule has 0 unspecified atom stereocenters. The molecule has 3 N–H and O–H groups in total. The number of anilines is 1. The molecule has 2 amide bonds. The Kier molecular flexibility index (Phi) is 4.15. The van der Waals surface area contributed by atoms with E-state index in [1.54, 1.807) is 31.4 Å². The molecule has 0 aliphatic heterocycles. The molecule has 4 rings (SSSR count). The Balaban J connectivity index is 1.57. The van der Waals surface area contributed by atoms with Gasteiger partial charge in [0.1, 0.15) is 11.8 Å². The zero-order chi connectivity index (χ0) is 19.8. The molecule has 0 aliphatic rings. The fourth-order valence-corrected chi connectivity index (χ4v) is 2.94. The highest BCUT2D eigenvalue weighted by Crippen LogP contribution is 2.22. The third-order valence-corrected chi connectivity index (χ3v) is 4.30. The normalized spacial score (nSPS) is 11.1.